The number of aromatic nitrogens is 2. The van der Waals surface area contributed by atoms with Gasteiger partial charge in [0.25, 0.3) is 0 Å². The molecule has 0 amide bonds. The summed E-state index contributed by atoms with van der Waals surface area (Å²) in [4.78, 5) is 4.34. The van der Waals surface area contributed by atoms with E-state index in [0.29, 0.717) is 0 Å². The Bertz CT molecular complexity index is 431. The van der Waals surface area contributed by atoms with Crippen LogP contribution >= 0.6 is 0 Å². The number of hydrogen-bond acceptors (Lipinski definition) is 2. The first-order valence-electron chi connectivity index (χ1n) is 4.32. The smallest absolute Gasteiger partial charge is 0.137 e. The molecule has 0 saturated heterocycles. The zero-order chi connectivity index (χ0) is 9.42. The highest BCUT2D eigenvalue weighted by molar-refractivity contribution is 5.43. The van der Waals surface area contributed by atoms with Gasteiger partial charge in [-0.2, -0.15) is 0 Å². The molecule has 0 radical (unpaired) electrons. The van der Waals surface area contributed by atoms with E-state index in [0.717, 1.165) is 17.0 Å². The summed E-state index contributed by atoms with van der Waals surface area (Å²) in [7, 11) is 0. The van der Waals surface area contributed by atoms with Crippen molar-refractivity contribution in [2.75, 3.05) is 0 Å². The lowest BCUT2D eigenvalue weighted by Crippen LogP contribution is -1.98. The molecule has 0 aliphatic heterocycles. The fraction of sp³-hybridized carbons (Fsp3) is 0.300. The lowest BCUT2D eigenvalue weighted by Gasteiger charge is -2.04. The molecule has 0 bridgehead atoms. The summed E-state index contributed by atoms with van der Waals surface area (Å²) in [5.41, 5.74) is 2.65. The van der Waals surface area contributed by atoms with Crippen LogP contribution in [-0.4, -0.2) is 14.5 Å². The van der Waals surface area contributed by atoms with Gasteiger partial charge in [-0.3, -0.25) is 0 Å². The topological polar surface area (TPSA) is 37.5 Å². The molecule has 2 aromatic rings. The van der Waals surface area contributed by atoms with Crippen molar-refractivity contribution in [3.8, 4) is 0 Å². The summed E-state index contributed by atoms with van der Waals surface area (Å²) < 4.78 is 1.92. The molecule has 2 aromatic heterocycles. The number of rotatable bonds is 1. The van der Waals surface area contributed by atoms with Crippen LogP contribution in [0.15, 0.2) is 24.4 Å². The summed E-state index contributed by atoms with van der Waals surface area (Å²) in [6, 6.07) is 5.80. The molecule has 3 nitrogen and oxygen atoms in total. The highest BCUT2D eigenvalue weighted by atomic mass is 16.3. The third-order valence-corrected chi connectivity index (χ3v) is 2.15. The average Bonchev–Trinajstić information content (AvgIpc) is 2.39. The summed E-state index contributed by atoms with van der Waals surface area (Å²) in [5.74, 6) is 0. The number of aryl methyl sites for hydroxylation is 1. The lowest BCUT2D eigenvalue weighted by molar-refractivity contribution is 0.192. The van der Waals surface area contributed by atoms with Crippen molar-refractivity contribution in [1.29, 1.82) is 0 Å². The Kier molecular flexibility index (Phi) is 1.81. The van der Waals surface area contributed by atoms with Gasteiger partial charge in [0.05, 0.1) is 17.5 Å². The van der Waals surface area contributed by atoms with Crippen LogP contribution in [0.4, 0.5) is 0 Å². The van der Waals surface area contributed by atoms with Gasteiger partial charge in [-0.15, -0.1) is 0 Å². The van der Waals surface area contributed by atoms with E-state index in [2.05, 4.69) is 4.98 Å². The van der Waals surface area contributed by atoms with E-state index in [-0.39, 0.29) is 0 Å². The molecular weight excluding hydrogens is 164 g/mol. The van der Waals surface area contributed by atoms with Gasteiger partial charge in [0.2, 0.25) is 0 Å². The lowest BCUT2D eigenvalue weighted by atomic mass is 10.2. The maximum Gasteiger partial charge on any atom is 0.137 e. The van der Waals surface area contributed by atoms with Crippen LogP contribution in [0.3, 0.4) is 0 Å². The molecule has 13 heavy (non-hydrogen) atoms. The van der Waals surface area contributed by atoms with Gasteiger partial charge in [-0.05, 0) is 26.0 Å². The molecule has 0 fully saturated rings. The van der Waals surface area contributed by atoms with Crippen LogP contribution in [0, 0.1) is 6.92 Å². The Hall–Kier alpha value is -1.35. The molecule has 1 N–H and O–H groups in total. The molecule has 3 heteroatoms. The van der Waals surface area contributed by atoms with Crippen LogP contribution in [0.2, 0.25) is 0 Å². The highest BCUT2D eigenvalue weighted by Gasteiger charge is 2.11. The molecule has 1 atom stereocenters. The van der Waals surface area contributed by atoms with Crippen molar-refractivity contribution in [2.24, 2.45) is 0 Å². The zero-order valence-electron chi connectivity index (χ0n) is 7.73. The zero-order valence-corrected chi connectivity index (χ0v) is 7.73. The third-order valence-electron chi connectivity index (χ3n) is 2.15. The van der Waals surface area contributed by atoms with Crippen molar-refractivity contribution < 1.29 is 5.11 Å². The Balaban J connectivity index is 2.78. The Labute approximate surface area is 76.7 Å². The summed E-state index contributed by atoms with van der Waals surface area (Å²) in [6.07, 6.45) is 1.44. The predicted molar refractivity (Wildman–Crippen MR) is 50.6 cm³/mol. The van der Waals surface area contributed by atoms with Gasteiger partial charge in [-0.1, -0.05) is 6.07 Å². The molecule has 2 rings (SSSR count). The molecular formula is C10H12N2O. The molecule has 1 unspecified atom stereocenters. The molecule has 2 heterocycles. The number of fused-ring (bicyclic) bond motifs is 1. The molecule has 68 valence electrons. The van der Waals surface area contributed by atoms with Gasteiger partial charge in [0.1, 0.15) is 5.65 Å². The number of nitrogens with zero attached hydrogens (tertiary/aromatic N) is 2. The highest BCUT2D eigenvalue weighted by Crippen LogP contribution is 2.18. The minimum atomic E-state index is -0.475. The Morgan fingerprint density at radius 3 is 2.92 bits per heavy atom. The fourth-order valence-electron chi connectivity index (χ4n) is 1.64. The number of imidazole rings is 1. The number of aliphatic hydroxyl groups is 1. The number of pyridine rings is 1. The second-order valence-corrected chi connectivity index (χ2v) is 3.19. The van der Waals surface area contributed by atoms with E-state index in [1.807, 2.05) is 35.7 Å². The standard InChI is InChI=1S/C10H12N2O/c1-7-10(8(2)13)12-6-4-3-5-9(12)11-7/h3-6,8,13H,1-2H3. The first-order valence-corrected chi connectivity index (χ1v) is 4.32. The Morgan fingerprint density at radius 1 is 1.46 bits per heavy atom. The molecule has 0 aliphatic carbocycles. The van der Waals surface area contributed by atoms with Gasteiger partial charge >= 0.3 is 0 Å². The molecule has 0 aliphatic rings. The monoisotopic (exact) mass is 176 g/mol. The minimum absolute atomic E-state index is 0.475. The molecule has 0 aromatic carbocycles. The van der Waals surface area contributed by atoms with Crippen LogP contribution in [0.1, 0.15) is 24.4 Å². The van der Waals surface area contributed by atoms with E-state index in [9.17, 15) is 5.11 Å². The minimum Gasteiger partial charge on any atom is -0.387 e. The van der Waals surface area contributed by atoms with E-state index in [4.69, 9.17) is 0 Å². The van der Waals surface area contributed by atoms with Crippen molar-refractivity contribution in [3.63, 3.8) is 0 Å². The van der Waals surface area contributed by atoms with E-state index in [1.165, 1.54) is 0 Å². The number of aliphatic hydroxyl groups excluding tert-OH is 1. The van der Waals surface area contributed by atoms with Crippen LogP contribution in [-0.2, 0) is 0 Å². The van der Waals surface area contributed by atoms with Gasteiger partial charge in [-0.25, -0.2) is 4.98 Å². The van der Waals surface area contributed by atoms with E-state index >= 15 is 0 Å². The largest absolute Gasteiger partial charge is 0.387 e. The molecule has 0 saturated carbocycles. The van der Waals surface area contributed by atoms with Crippen LogP contribution in [0.25, 0.3) is 5.65 Å². The van der Waals surface area contributed by atoms with Gasteiger partial charge in [0.15, 0.2) is 0 Å². The van der Waals surface area contributed by atoms with Crippen molar-refractivity contribution in [3.05, 3.63) is 35.8 Å². The maximum atomic E-state index is 9.53. The summed E-state index contributed by atoms with van der Waals surface area (Å²) in [5, 5.41) is 9.53. The third kappa shape index (κ3) is 1.21. The quantitative estimate of drug-likeness (QED) is 0.718. The van der Waals surface area contributed by atoms with Gasteiger partial charge < -0.3 is 9.51 Å². The van der Waals surface area contributed by atoms with Gasteiger partial charge in [0, 0.05) is 6.20 Å². The second-order valence-electron chi connectivity index (χ2n) is 3.19. The average molecular weight is 176 g/mol. The SMILES string of the molecule is Cc1nc2ccccn2c1C(C)O. The second kappa shape index (κ2) is 2.85. The van der Waals surface area contributed by atoms with Crippen molar-refractivity contribution in [2.45, 2.75) is 20.0 Å². The van der Waals surface area contributed by atoms with Crippen LogP contribution in [0.5, 0.6) is 0 Å². The Morgan fingerprint density at radius 2 is 2.23 bits per heavy atom. The predicted octanol–water partition coefficient (Wildman–Crippen LogP) is 1.70. The molecule has 0 spiro atoms. The fourth-order valence-corrected chi connectivity index (χ4v) is 1.64. The normalized spacial score (nSPS) is 13.5. The van der Waals surface area contributed by atoms with Crippen molar-refractivity contribution in [1.82, 2.24) is 9.38 Å². The first kappa shape index (κ1) is 8.26. The summed E-state index contributed by atoms with van der Waals surface area (Å²) in [6.45, 7) is 3.67. The van der Waals surface area contributed by atoms with E-state index < -0.39 is 6.10 Å². The summed E-state index contributed by atoms with van der Waals surface area (Å²) >= 11 is 0. The van der Waals surface area contributed by atoms with Crippen LogP contribution < -0.4 is 0 Å². The van der Waals surface area contributed by atoms with Crippen molar-refractivity contribution >= 4 is 5.65 Å². The number of hydrogen-bond donors (Lipinski definition) is 1. The van der Waals surface area contributed by atoms with E-state index in [1.54, 1.807) is 6.92 Å². The first-order chi connectivity index (χ1) is 6.20. The maximum absolute atomic E-state index is 9.53.